The highest BCUT2D eigenvalue weighted by molar-refractivity contribution is 5.78. The minimum absolute atomic E-state index is 0.121. The van der Waals surface area contributed by atoms with Crippen LogP contribution in [-0.2, 0) is 9.53 Å². The van der Waals surface area contributed by atoms with E-state index in [0.717, 1.165) is 32.1 Å². The third-order valence-corrected chi connectivity index (χ3v) is 4.21. The number of amides is 1. The summed E-state index contributed by atoms with van der Waals surface area (Å²) in [6.45, 7) is 9.37. The number of nitrogens with zero attached hydrogens (tertiary/aromatic N) is 5. The van der Waals surface area contributed by atoms with Crippen LogP contribution in [0.4, 0.5) is 5.95 Å². The Labute approximate surface area is 130 Å². The molecule has 1 aromatic heterocycles. The second-order valence-corrected chi connectivity index (χ2v) is 6.13. The zero-order valence-corrected chi connectivity index (χ0v) is 13.2. The Morgan fingerprint density at radius 1 is 1.27 bits per heavy atom. The second kappa shape index (κ2) is 6.62. The molecule has 2 aliphatic rings. The number of hydrogen-bond acceptors (Lipinski definition) is 6. The van der Waals surface area contributed by atoms with Crippen LogP contribution < -0.4 is 4.90 Å². The molecule has 2 saturated heterocycles. The van der Waals surface area contributed by atoms with E-state index in [1.165, 1.54) is 6.33 Å². The SMILES string of the molecule is C[C@@H]1CN(C(=O)CN2CCN(c3ncn[nH]3)CC2)C[C@H](C)O1. The van der Waals surface area contributed by atoms with Gasteiger partial charge in [-0.15, -0.1) is 0 Å². The van der Waals surface area contributed by atoms with Crippen molar-refractivity contribution in [1.82, 2.24) is 25.0 Å². The lowest BCUT2D eigenvalue weighted by molar-refractivity contribution is -0.144. The van der Waals surface area contributed by atoms with Gasteiger partial charge >= 0.3 is 0 Å². The highest BCUT2D eigenvalue weighted by Crippen LogP contribution is 2.13. The van der Waals surface area contributed by atoms with Crippen molar-refractivity contribution in [3.05, 3.63) is 6.33 Å². The van der Waals surface area contributed by atoms with Gasteiger partial charge in [0.2, 0.25) is 11.9 Å². The van der Waals surface area contributed by atoms with Crippen LogP contribution in [0.5, 0.6) is 0 Å². The van der Waals surface area contributed by atoms with E-state index in [1.54, 1.807) is 0 Å². The van der Waals surface area contributed by atoms with Crippen LogP contribution >= 0.6 is 0 Å². The smallest absolute Gasteiger partial charge is 0.236 e. The Balaban J connectivity index is 1.47. The first-order chi connectivity index (χ1) is 10.6. The Hall–Kier alpha value is -1.67. The maximum atomic E-state index is 12.5. The average Bonchev–Trinajstić information content (AvgIpc) is 3.01. The maximum absolute atomic E-state index is 12.5. The number of carbonyl (C=O) groups is 1. The van der Waals surface area contributed by atoms with E-state index >= 15 is 0 Å². The van der Waals surface area contributed by atoms with Crippen molar-refractivity contribution < 1.29 is 9.53 Å². The molecule has 1 aromatic rings. The maximum Gasteiger partial charge on any atom is 0.236 e. The summed E-state index contributed by atoms with van der Waals surface area (Å²) in [4.78, 5) is 22.9. The predicted molar refractivity (Wildman–Crippen MR) is 81.6 cm³/mol. The van der Waals surface area contributed by atoms with E-state index in [0.29, 0.717) is 19.6 Å². The minimum Gasteiger partial charge on any atom is -0.372 e. The normalized spacial score (nSPS) is 27.2. The lowest BCUT2D eigenvalue weighted by atomic mass is 10.2. The molecular formula is C14H24N6O2. The number of rotatable bonds is 3. The van der Waals surface area contributed by atoms with Crippen LogP contribution in [0.3, 0.4) is 0 Å². The van der Waals surface area contributed by atoms with Crippen molar-refractivity contribution >= 4 is 11.9 Å². The zero-order chi connectivity index (χ0) is 15.5. The third-order valence-electron chi connectivity index (χ3n) is 4.21. The summed E-state index contributed by atoms with van der Waals surface area (Å²) >= 11 is 0. The summed E-state index contributed by atoms with van der Waals surface area (Å²) in [7, 11) is 0. The molecule has 8 heteroatoms. The number of aromatic amines is 1. The standard InChI is InChI=1S/C14H24N6O2/c1-11-7-20(8-12(2)22-11)13(21)9-18-3-5-19(6-4-18)14-15-10-16-17-14/h10-12H,3-9H2,1-2H3,(H,15,16,17)/t11-,12+. The van der Waals surface area contributed by atoms with Gasteiger partial charge in [0, 0.05) is 39.3 Å². The van der Waals surface area contributed by atoms with Crippen LogP contribution in [-0.4, -0.2) is 88.9 Å². The first-order valence-electron chi connectivity index (χ1n) is 7.87. The van der Waals surface area contributed by atoms with Gasteiger partial charge in [-0.05, 0) is 13.8 Å². The van der Waals surface area contributed by atoms with Crippen LogP contribution in [0.15, 0.2) is 6.33 Å². The number of hydrogen-bond donors (Lipinski definition) is 1. The molecule has 0 aliphatic carbocycles. The van der Waals surface area contributed by atoms with Gasteiger partial charge < -0.3 is 14.5 Å². The van der Waals surface area contributed by atoms with Crippen molar-refractivity contribution in [1.29, 1.82) is 0 Å². The number of nitrogens with one attached hydrogen (secondary N) is 1. The van der Waals surface area contributed by atoms with Gasteiger partial charge in [0.25, 0.3) is 0 Å². The molecule has 0 radical (unpaired) electrons. The number of carbonyl (C=O) groups excluding carboxylic acids is 1. The molecule has 2 fully saturated rings. The molecule has 22 heavy (non-hydrogen) atoms. The van der Waals surface area contributed by atoms with Crippen molar-refractivity contribution in [2.45, 2.75) is 26.1 Å². The predicted octanol–water partition coefficient (Wildman–Crippen LogP) is -0.437. The summed E-state index contributed by atoms with van der Waals surface area (Å²) in [5.74, 6) is 1.01. The highest BCUT2D eigenvalue weighted by Gasteiger charge is 2.28. The fourth-order valence-corrected chi connectivity index (χ4v) is 3.14. The number of aromatic nitrogens is 3. The Bertz CT molecular complexity index is 476. The van der Waals surface area contributed by atoms with Crippen LogP contribution in [0.25, 0.3) is 0 Å². The molecule has 2 atom stereocenters. The van der Waals surface area contributed by atoms with Crippen molar-refractivity contribution in [3.63, 3.8) is 0 Å². The second-order valence-electron chi connectivity index (χ2n) is 6.13. The molecule has 1 amide bonds. The van der Waals surface area contributed by atoms with Gasteiger partial charge in [0.05, 0.1) is 18.8 Å². The number of anilines is 1. The van der Waals surface area contributed by atoms with Gasteiger partial charge in [0.1, 0.15) is 6.33 Å². The lowest BCUT2D eigenvalue weighted by Gasteiger charge is -2.38. The largest absolute Gasteiger partial charge is 0.372 e. The molecule has 3 heterocycles. The quantitative estimate of drug-likeness (QED) is 0.816. The van der Waals surface area contributed by atoms with Crippen LogP contribution in [0.2, 0.25) is 0 Å². The summed E-state index contributed by atoms with van der Waals surface area (Å²) in [6.07, 6.45) is 1.76. The van der Waals surface area contributed by atoms with E-state index in [4.69, 9.17) is 4.74 Å². The van der Waals surface area contributed by atoms with Gasteiger partial charge in [-0.3, -0.25) is 9.69 Å². The van der Waals surface area contributed by atoms with Crippen molar-refractivity contribution in [3.8, 4) is 0 Å². The molecule has 1 N–H and O–H groups in total. The van der Waals surface area contributed by atoms with E-state index in [9.17, 15) is 4.79 Å². The van der Waals surface area contributed by atoms with Gasteiger partial charge in [-0.1, -0.05) is 0 Å². The Morgan fingerprint density at radius 2 is 1.95 bits per heavy atom. The van der Waals surface area contributed by atoms with Crippen LogP contribution in [0.1, 0.15) is 13.8 Å². The minimum atomic E-state index is 0.121. The third kappa shape index (κ3) is 3.56. The van der Waals surface area contributed by atoms with Crippen molar-refractivity contribution in [2.24, 2.45) is 0 Å². The van der Waals surface area contributed by atoms with E-state index in [-0.39, 0.29) is 18.1 Å². The van der Waals surface area contributed by atoms with E-state index in [1.807, 2.05) is 18.7 Å². The van der Waals surface area contributed by atoms with Gasteiger partial charge in [0.15, 0.2) is 0 Å². The monoisotopic (exact) mass is 308 g/mol. The number of piperazine rings is 1. The van der Waals surface area contributed by atoms with Gasteiger partial charge in [-0.2, -0.15) is 10.1 Å². The molecule has 0 aromatic carbocycles. The number of H-pyrrole nitrogens is 1. The molecule has 0 bridgehead atoms. The molecule has 0 saturated carbocycles. The fourth-order valence-electron chi connectivity index (χ4n) is 3.14. The number of ether oxygens (including phenoxy) is 1. The fraction of sp³-hybridized carbons (Fsp3) is 0.786. The Kier molecular flexibility index (Phi) is 4.58. The molecule has 0 unspecified atom stereocenters. The molecule has 2 aliphatic heterocycles. The van der Waals surface area contributed by atoms with E-state index < -0.39 is 0 Å². The van der Waals surface area contributed by atoms with Crippen LogP contribution in [0, 0.1) is 0 Å². The Morgan fingerprint density at radius 3 is 2.55 bits per heavy atom. The summed E-state index contributed by atoms with van der Waals surface area (Å²) in [5, 5.41) is 6.76. The van der Waals surface area contributed by atoms with Gasteiger partial charge in [-0.25, -0.2) is 5.10 Å². The summed E-state index contributed by atoms with van der Waals surface area (Å²) in [6, 6.07) is 0. The number of morpholine rings is 1. The first kappa shape index (κ1) is 15.2. The summed E-state index contributed by atoms with van der Waals surface area (Å²) < 4.78 is 5.68. The molecule has 0 spiro atoms. The first-order valence-corrected chi connectivity index (χ1v) is 7.87. The zero-order valence-electron chi connectivity index (χ0n) is 13.2. The molecule has 3 rings (SSSR count). The average molecular weight is 308 g/mol. The highest BCUT2D eigenvalue weighted by atomic mass is 16.5. The van der Waals surface area contributed by atoms with Crippen molar-refractivity contribution in [2.75, 3.05) is 50.7 Å². The molecule has 8 nitrogen and oxygen atoms in total. The summed E-state index contributed by atoms with van der Waals surface area (Å²) in [5.41, 5.74) is 0. The lowest BCUT2D eigenvalue weighted by Crippen LogP contribution is -2.54. The molecule has 122 valence electrons. The van der Waals surface area contributed by atoms with E-state index in [2.05, 4.69) is 25.0 Å². The topological polar surface area (TPSA) is 77.6 Å². The molecular weight excluding hydrogens is 284 g/mol.